The van der Waals surface area contributed by atoms with E-state index in [1.165, 1.54) is 5.56 Å². The maximum Gasteiger partial charge on any atom is 0.137 e. The number of Topliss-reactive ketones (excluding diaryl/α,β-unsaturated/α-hetero) is 1. The third-order valence-electron chi connectivity index (χ3n) is 2.89. The summed E-state index contributed by atoms with van der Waals surface area (Å²) in [4.78, 5) is 11.6. The zero-order valence-electron chi connectivity index (χ0n) is 10.4. The summed E-state index contributed by atoms with van der Waals surface area (Å²) >= 11 is 0. The van der Waals surface area contributed by atoms with E-state index in [2.05, 4.69) is 19.1 Å². The molecule has 1 rings (SSSR count). The van der Waals surface area contributed by atoms with Gasteiger partial charge in [0.25, 0.3) is 0 Å². The molecule has 0 saturated carbocycles. The second kappa shape index (κ2) is 5.80. The predicted molar refractivity (Wildman–Crippen MR) is 67.5 cm³/mol. The van der Waals surface area contributed by atoms with Crippen molar-refractivity contribution in [1.82, 2.24) is 0 Å². The topological polar surface area (TPSA) is 43.1 Å². The molecule has 2 atom stereocenters. The van der Waals surface area contributed by atoms with E-state index in [0.717, 1.165) is 18.4 Å². The average Bonchev–Trinajstić information content (AvgIpc) is 2.25. The SMILES string of the molecule is CCc1ccc(C(CC(C)N)C(C)=O)cc1. The standard InChI is InChI=1S/C14H21NO/c1-4-12-5-7-13(8-6-12)14(11(3)16)9-10(2)15/h5-8,10,14H,4,9,15H2,1-3H3. The summed E-state index contributed by atoms with van der Waals surface area (Å²) in [5.74, 6) is 0.146. The van der Waals surface area contributed by atoms with E-state index in [1.807, 2.05) is 19.1 Å². The molecular formula is C14H21NO. The van der Waals surface area contributed by atoms with Crippen LogP contribution in [0.15, 0.2) is 24.3 Å². The van der Waals surface area contributed by atoms with Crippen LogP contribution in [0.4, 0.5) is 0 Å². The number of carbonyl (C=O) groups is 1. The van der Waals surface area contributed by atoms with Crippen molar-refractivity contribution in [2.24, 2.45) is 5.73 Å². The van der Waals surface area contributed by atoms with Crippen LogP contribution >= 0.6 is 0 Å². The largest absolute Gasteiger partial charge is 0.328 e. The van der Waals surface area contributed by atoms with E-state index in [9.17, 15) is 4.79 Å². The summed E-state index contributed by atoms with van der Waals surface area (Å²) in [6.45, 7) is 5.70. The van der Waals surface area contributed by atoms with E-state index in [-0.39, 0.29) is 17.7 Å². The molecule has 1 aromatic carbocycles. The van der Waals surface area contributed by atoms with Crippen molar-refractivity contribution in [3.05, 3.63) is 35.4 Å². The first-order valence-electron chi connectivity index (χ1n) is 5.89. The van der Waals surface area contributed by atoms with Crippen LogP contribution in [0.3, 0.4) is 0 Å². The van der Waals surface area contributed by atoms with Crippen molar-refractivity contribution in [3.63, 3.8) is 0 Å². The lowest BCUT2D eigenvalue weighted by Crippen LogP contribution is -2.22. The Morgan fingerprint density at radius 1 is 1.31 bits per heavy atom. The Morgan fingerprint density at radius 2 is 1.88 bits per heavy atom. The van der Waals surface area contributed by atoms with Gasteiger partial charge in [-0.05, 0) is 37.8 Å². The van der Waals surface area contributed by atoms with Gasteiger partial charge >= 0.3 is 0 Å². The summed E-state index contributed by atoms with van der Waals surface area (Å²) in [5.41, 5.74) is 8.16. The fourth-order valence-corrected chi connectivity index (χ4v) is 1.89. The monoisotopic (exact) mass is 219 g/mol. The third kappa shape index (κ3) is 3.46. The van der Waals surface area contributed by atoms with Gasteiger partial charge in [-0.1, -0.05) is 31.2 Å². The molecule has 2 unspecified atom stereocenters. The minimum absolute atomic E-state index is 0.0501. The molecule has 0 fully saturated rings. The van der Waals surface area contributed by atoms with E-state index in [4.69, 9.17) is 5.73 Å². The first-order valence-corrected chi connectivity index (χ1v) is 5.89. The number of carbonyl (C=O) groups excluding carboxylic acids is 1. The van der Waals surface area contributed by atoms with Gasteiger partial charge in [0, 0.05) is 12.0 Å². The third-order valence-corrected chi connectivity index (χ3v) is 2.89. The van der Waals surface area contributed by atoms with Gasteiger partial charge in [-0.2, -0.15) is 0 Å². The van der Waals surface area contributed by atoms with Gasteiger partial charge < -0.3 is 5.73 Å². The molecule has 0 heterocycles. The van der Waals surface area contributed by atoms with Crippen LogP contribution in [-0.4, -0.2) is 11.8 Å². The molecule has 2 N–H and O–H groups in total. The lowest BCUT2D eigenvalue weighted by molar-refractivity contribution is -0.118. The molecule has 2 nitrogen and oxygen atoms in total. The second-order valence-corrected chi connectivity index (χ2v) is 4.47. The van der Waals surface area contributed by atoms with Crippen LogP contribution in [0.25, 0.3) is 0 Å². The normalized spacial score (nSPS) is 14.5. The molecule has 0 saturated heterocycles. The molecule has 0 aliphatic heterocycles. The Bertz CT molecular complexity index is 340. The minimum atomic E-state index is -0.0501. The highest BCUT2D eigenvalue weighted by Crippen LogP contribution is 2.22. The Kier molecular flexibility index (Phi) is 4.69. The van der Waals surface area contributed by atoms with Gasteiger partial charge in [-0.25, -0.2) is 0 Å². The van der Waals surface area contributed by atoms with Gasteiger partial charge in [0.2, 0.25) is 0 Å². The van der Waals surface area contributed by atoms with Crippen LogP contribution in [0.2, 0.25) is 0 Å². The van der Waals surface area contributed by atoms with Crippen molar-refractivity contribution in [2.75, 3.05) is 0 Å². The van der Waals surface area contributed by atoms with Crippen molar-refractivity contribution in [2.45, 2.75) is 45.6 Å². The molecule has 0 amide bonds. The van der Waals surface area contributed by atoms with E-state index in [0.29, 0.717) is 0 Å². The van der Waals surface area contributed by atoms with Crippen molar-refractivity contribution < 1.29 is 4.79 Å². The fourth-order valence-electron chi connectivity index (χ4n) is 1.89. The summed E-state index contributed by atoms with van der Waals surface area (Å²) < 4.78 is 0. The molecule has 0 radical (unpaired) electrons. The number of nitrogens with two attached hydrogens (primary N) is 1. The molecule has 0 aromatic heterocycles. The Hall–Kier alpha value is -1.15. The van der Waals surface area contributed by atoms with Gasteiger partial charge in [0.1, 0.15) is 5.78 Å². The van der Waals surface area contributed by atoms with Crippen LogP contribution in [0, 0.1) is 0 Å². The number of hydrogen-bond acceptors (Lipinski definition) is 2. The molecule has 88 valence electrons. The molecule has 0 bridgehead atoms. The number of benzene rings is 1. The number of aryl methyl sites for hydroxylation is 1. The first kappa shape index (κ1) is 12.9. The smallest absolute Gasteiger partial charge is 0.137 e. The zero-order valence-corrected chi connectivity index (χ0v) is 10.4. The van der Waals surface area contributed by atoms with Crippen LogP contribution in [-0.2, 0) is 11.2 Å². The molecule has 1 aromatic rings. The van der Waals surface area contributed by atoms with Crippen LogP contribution < -0.4 is 5.73 Å². The molecule has 2 heteroatoms. The number of ketones is 1. The lowest BCUT2D eigenvalue weighted by atomic mass is 9.89. The first-order chi connectivity index (χ1) is 7.54. The summed E-state index contributed by atoms with van der Waals surface area (Å²) in [7, 11) is 0. The Labute approximate surface area is 97.9 Å². The highest BCUT2D eigenvalue weighted by Gasteiger charge is 2.17. The molecule has 0 spiro atoms. The van der Waals surface area contributed by atoms with Crippen molar-refractivity contribution in [1.29, 1.82) is 0 Å². The van der Waals surface area contributed by atoms with Gasteiger partial charge in [-0.15, -0.1) is 0 Å². The molecule has 0 aliphatic carbocycles. The minimum Gasteiger partial charge on any atom is -0.328 e. The van der Waals surface area contributed by atoms with Gasteiger partial charge in [0.05, 0.1) is 0 Å². The van der Waals surface area contributed by atoms with E-state index < -0.39 is 0 Å². The highest BCUT2D eigenvalue weighted by molar-refractivity contribution is 5.83. The summed E-state index contributed by atoms with van der Waals surface area (Å²) in [6.07, 6.45) is 1.75. The molecular weight excluding hydrogens is 198 g/mol. The van der Waals surface area contributed by atoms with Crippen molar-refractivity contribution in [3.8, 4) is 0 Å². The van der Waals surface area contributed by atoms with E-state index in [1.54, 1.807) is 6.92 Å². The molecule has 16 heavy (non-hydrogen) atoms. The highest BCUT2D eigenvalue weighted by atomic mass is 16.1. The van der Waals surface area contributed by atoms with Crippen molar-refractivity contribution >= 4 is 5.78 Å². The van der Waals surface area contributed by atoms with E-state index >= 15 is 0 Å². The quantitative estimate of drug-likeness (QED) is 0.827. The number of hydrogen-bond donors (Lipinski definition) is 1. The predicted octanol–water partition coefficient (Wildman–Crippen LogP) is 2.66. The average molecular weight is 219 g/mol. The zero-order chi connectivity index (χ0) is 12.1. The fraction of sp³-hybridized carbons (Fsp3) is 0.500. The van der Waals surface area contributed by atoms with Gasteiger partial charge in [-0.3, -0.25) is 4.79 Å². The summed E-state index contributed by atoms with van der Waals surface area (Å²) in [5, 5.41) is 0. The number of rotatable bonds is 5. The Morgan fingerprint density at radius 3 is 2.25 bits per heavy atom. The van der Waals surface area contributed by atoms with Gasteiger partial charge in [0.15, 0.2) is 0 Å². The van der Waals surface area contributed by atoms with Crippen LogP contribution in [0.5, 0.6) is 0 Å². The lowest BCUT2D eigenvalue weighted by Gasteiger charge is -2.16. The molecule has 0 aliphatic rings. The summed E-state index contributed by atoms with van der Waals surface area (Å²) in [6, 6.07) is 8.33. The maximum absolute atomic E-state index is 11.6. The van der Waals surface area contributed by atoms with Crippen LogP contribution in [0.1, 0.15) is 44.2 Å². The maximum atomic E-state index is 11.6. The Balaban J connectivity index is 2.88. The second-order valence-electron chi connectivity index (χ2n) is 4.47.